The zero-order valence-electron chi connectivity index (χ0n) is 11.9. The first-order valence-corrected chi connectivity index (χ1v) is 7.20. The lowest BCUT2D eigenvalue weighted by Gasteiger charge is -2.39. The fourth-order valence-electron chi connectivity index (χ4n) is 2.99. The van der Waals surface area contributed by atoms with Gasteiger partial charge in [-0.05, 0) is 24.5 Å². The van der Waals surface area contributed by atoms with Crippen LogP contribution in [0.3, 0.4) is 0 Å². The van der Waals surface area contributed by atoms with Gasteiger partial charge in [0.2, 0.25) is 0 Å². The third-order valence-electron chi connectivity index (χ3n) is 4.27. The minimum absolute atomic E-state index is 0.580. The van der Waals surface area contributed by atoms with Crippen molar-refractivity contribution >= 4 is 5.97 Å². The number of carbonyl (C=O) groups is 1. The summed E-state index contributed by atoms with van der Waals surface area (Å²) < 4.78 is 1.61. The van der Waals surface area contributed by atoms with Gasteiger partial charge in [-0.2, -0.15) is 5.10 Å². The summed E-state index contributed by atoms with van der Waals surface area (Å²) >= 11 is 0. The van der Waals surface area contributed by atoms with Crippen LogP contribution in [0.2, 0.25) is 0 Å². The van der Waals surface area contributed by atoms with Crippen molar-refractivity contribution in [2.75, 3.05) is 13.1 Å². The highest BCUT2D eigenvalue weighted by molar-refractivity contribution is 5.76. The van der Waals surface area contributed by atoms with Gasteiger partial charge in [-0.1, -0.05) is 30.3 Å². The van der Waals surface area contributed by atoms with Crippen molar-refractivity contribution in [1.82, 2.24) is 14.7 Å². The molecule has 3 rings (SSSR count). The molecule has 0 radical (unpaired) electrons. The molecule has 0 saturated carbocycles. The number of carboxylic acids is 1. The normalized spacial score (nSPS) is 18.5. The van der Waals surface area contributed by atoms with Gasteiger partial charge in [0.05, 0.1) is 0 Å². The molecule has 1 saturated heterocycles. The van der Waals surface area contributed by atoms with Crippen molar-refractivity contribution in [1.29, 1.82) is 0 Å². The third kappa shape index (κ3) is 2.69. The average molecular weight is 285 g/mol. The maximum absolute atomic E-state index is 11.8. The molecular formula is C16H19N3O2. The number of likely N-dealkylation sites (tertiary alicyclic amines) is 1. The highest BCUT2D eigenvalue weighted by Gasteiger charge is 2.43. The quantitative estimate of drug-likeness (QED) is 0.933. The Hall–Kier alpha value is -2.14. The summed E-state index contributed by atoms with van der Waals surface area (Å²) in [4.78, 5) is 14.1. The second kappa shape index (κ2) is 5.69. The molecule has 1 aliphatic rings. The summed E-state index contributed by atoms with van der Waals surface area (Å²) in [5.41, 5.74) is 0.371. The molecule has 5 heteroatoms. The van der Waals surface area contributed by atoms with E-state index >= 15 is 0 Å². The highest BCUT2D eigenvalue weighted by atomic mass is 16.4. The lowest BCUT2D eigenvalue weighted by molar-refractivity contribution is -0.151. The molecular weight excluding hydrogens is 266 g/mol. The van der Waals surface area contributed by atoms with Gasteiger partial charge in [0.1, 0.15) is 0 Å². The van der Waals surface area contributed by atoms with E-state index in [1.165, 1.54) is 5.56 Å². The van der Waals surface area contributed by atoms with Crippen molar-refractivity contribution in [3.8, 4) is 0 Å². The van der Waals surface area contributed by atoms with Gasteiger partial charge in [-0.25, -0.2) is 4.79 Å². The molecule has 0 aliphatic carbocycles. The molecule has 0 spiro atoms. The predicted octanol–water partition coefficient (Wildman–Crippen LogP) is 1.96. The molecule has 21 heavy (non-hydrogen) atoms. The number of hydrogen-bond donors (Lipinski definition) is 1. The molecule has 0 unspecified atom stereocenters. The molecule has 0 atom stereocenters. The van der Waals surface area contributed by atoms with Gasteiger partial charge >= 0.3 is 5.97 Å². The Bertz CT molecular complexity index is 587. The van der Waals surface area contributed by atoms with Crippen LogP contribution in [0.15, 0.2) is 48.8 Å². The predicted molar refractivity (Wildman–Crippen MR) is 78.8 cm³/mol. The SMILES string of the molecule is O=C(O)C1(n2cccn2)CCN(Cc2ccccc2)CC1. The Morgan fingerprint density at radius 1 is 1.19 bits per heavy atom. The topological polar surface area (TPSA) is 58.4 Å². The number of carboxylic acid groups (broad SMARTS) is 1. The average Bonchev–Trinajstić information content (AvgIpc) is 3.04. The maximum Gasteiger partial charge on any atom is 0.331 e. The van der Waals surface area contributed by atoms with Gasteiger partial charge < -0.3 is 5.11 Å². The summed E-state index contributed by atoms with van der Waals surface area (Å²) in [5.74, 6) is -0.787. The molecule has 1 aromatic heterocycles. The first-order chi connectivity index (χ1) is 10.2. The van der Waals surface area contributed by atoms with Crippen LogP contribution in [-0.4, -0.2) is 38.8 Å². The van der Waals surface area contributed by atoms with Crippen LogP contribution < -0.4 is 0 Å². The number of hydrogen-bond acceptors (Lipinski definition) is 3. The smallest absolute Gasteiger partial charge is 0.331 e. The molecule has 110 valence electrons. The fourth-order valence-corrected chi connectivity index (χ4v) is 2.99. The highest BCUT2D eigenvalue weighted by Crippen LogP contribution is 2.30. The van der Waals surface area contributed by atoms with E-state index in [9.17, 15) is 9.90 Å². The summed E-state index contributed by atoms with van der Waals surface area (Å²) in [5, 5.41) is 13.8. The van der Waals surface area contributed by atoms with Crippen LogP contribution >= 0.6 is 0 Å². The van der Waals surface area contributed by atoms with Crippen molar-refractivity contribution in [3.05, 3.63) is 54.4 Å². The Morgan fingerprint density at radius 2 is 1.90 bits per heavy atom. The Morgan fingerprint density at radius 3 is 2.48 bits per heavy atom. The largest absolute Gasteiger partial charge is 0.479 e. The third-order valence-corrected chi connectivity index (χ3v) is 4.27. The molecule has 2 aromatic rings. The van der Waals surface area contributed by atoms with E-state index < -0.39 is 11.5 Å². The van der Waals surface area contributed by atoms with Crippen LogP contribution in [0.4, 0.5) is 0 Å². The van der Waals surface area contributed by atoms with E-state index in [0.29, 0.717) is 12.8 Å². The van der Waals surface area contributed by atoms with Gasteiger partial charge in [0.25, 0.3) is 0 Å². The summed E-state index contributed by atoms with van der Waals surface area (Å²) in [6.45, 7) is 2.40. The van der Waals surface area contributed by atoms with Gasteiger partial charge in [0, 0.05) is 32.0 Å². The van der Waals surface area contributed by atoms with E-state index in [-0.39, 0.29) is 0 Å². The van der Waals surface area contributed by atoms with Crippen molar-refractivity contribution < 1.29 is 9.90 Å². The lowest BCUT2D eigenvalue weighted by Crippen LogP contribution is -2.51. The van der Waals surface area contributed by atoms with Gasteiger partial charge in [-0.3, -0.25) is 9.58 Å². The summed E-state index contributed by atoms with van der Waals surface area (Å²) in [7, 11) is 0. The number of aromatic nitrogens is 2. The standard InChI is InChI=1S/C16H19N3O2/c20-15(21)16(19-10-4-9-17-19)7-11-18(12-8-16)13-14-5-2-1-3-6-14/h1-6,9-10H,7-8,11-13H2,(H,20,21). The Labute approximate surface area is 123 Å². The number of nitrogens with zero attached hydrogens (tertiary/aromatic N) is 3. The van der Waals surface area contributed by atoms with Crippen molar-refractivity contribution in [2.45, 2.75) is 24.9 Å². The first-order valence-electron chi connectivity index (χ1n) is 7.20. The van der Waals surface area contributed by atoms with Crippen LogP contribution in [0, 0.1) is 0 Å². The molecule has 1 aromatic carbocycles. The summed E-state index contributed by atoms with van der Waals surface area (Å²) in [6.07, 6.45) is 4.55. The number of piperidine rings is 1. The van der Waals surface area contributed by atoms with E-state index in [0.717, 1.165) is 19.6 Å². The van der Waals surface area contributed by atoms with Gasteiger partial charge in [0.15, 0.2) is 5.54 Å². The minimum Gasteiger partial charge on any atom is -0.479 e. The van der Waals surface area contributed by atoms with E-state index in [4.69, 9.17) is 0 Å². The Kier molecular flexibility index (Phi) is 3.75. The first kappa shape index (κ1) is 13.8. The van der Waals surface area contributed by atoms with Crippen LogP contribution in [0.5, 0.6) is 0 Å². The molecule has 0 bridgehead atoms. The fraction of sp³-hybridized carbons (Fsp3) is 0.375. The van der Waals surface area contributed by atoms with E-state index in [1.807, 2.05) is 18.2 Å². The zero-order chi connectivity index (χ0) is 14.7. The Balaban J connectivity index is 1.70. The van der Waals surface area contributed by atoms with E-state index in [2.05, 4.69) is 22.1 Å². The number of benzene rings is 1. The zero-order valence-corrected chi connectivity index (χ0v) is 11.9. The number of rotatable bonds is 4. The second-order valence-corrected chi connectivity index (χ2v) is 5.55. The molecule has 1 fully saturated rings. The maximum atomic E-state index is 11.8. The molecule has 1 N–H and O–H groups in total. The molecule has 1 aliphatic heterocycles. The monoisotopic (exact) mass is 285 g/mol. The molecule has 2 heterocycles. The second-order valence-electron chi connectivity index (χ2n) is 5.55. The lowest BCUT2D eigenvalue weighted by atomic mass is 9.87. The molecule has 5 nitrogen and oxygen atoms in total. The van der Waals surface area contributed by atoms with Gasteiger partial charge in [-0.15, -0.1) is 0 Å². The van der Waals surface area contributed by atoms with Crippen LogP contribution in [-0.2, 0) is 16.9 Å². The molecule has 0 amide bonds. The number of aliphatic carboxylic acids is 1. The summed E-state index contributed by atoms with van der Waals surface area (Å²) in [6, 6.07) is 12.1. The van der Waals surface area contributed by atoms with E-state index in [1.54, 1.807) is 23.1 Å². The minimum atomic E-state index is -0.892. The van der Waals surface area contributed by atoms with Crippen LogP contribution in [0.1, 0.15) is 18.4 Å². The van der Waals surface area contributed by atoms with Crippen LogP contribution in [0.25, 0.3) is 0 Å². The van der Waals surface area contributed by atoms with Crippen molar-refractivity contribution in [2.24, 2.45) is 0 Å². The van der Waals surface area contributed by atoms with Crippen molar-refractivity contribution in [3.63, 3.8) is 0 Å².